The smallest absolute Gasteiger partial charge is 0.128 e. The van der Waals surface area contributed by atoms with Crippen LogP contribution < -0.4 is 4.74 Å². The summed E-state index contributed by atoms with van der Waals surface area (Å²) in [5, 5.41) is 0. The van der Waals surface area contributed by atoms with Gasteiger partial charge in [-0.2, -0.15) is 0 Å². The number of nitrogens with zero attached hydrogens (tertiary/aromatic N) is 1. The predicted octanol–water partition coefficient (Wildman–Crippen LogP) is 1.95. The van der Waals surface area contributed by atoms with Gasteiger partial charge in [-0.3, -0.25) is 4.98 Å². The van der Waals surface area contributed by atoms with Crippen molar-refractivity contribution in [3.8, 4) is 5.75 Å². The fourth-order valence-electron chi connectivity index (χ4n) is 2.25. The van der Waals surface area contributed by atoms with Crippen LogP contribution in [0.25, 0.3) is 0 Å². The van der Waals surface area contributed by atoms with Gasteiger partial charge >= 0.3 is 0 Å². The molecule has 1 aromatic rings. The van der Waals surface area contributed by atoms with Gasteiger partial charge in [0.1, 0.15) is 17.5 Å². The van der Waals surface area contributed by atoms with Crippen LogP contribution in [-0.2, 0) is 10.3 Å². The number of methoxy groups -OCH3 is 1. The van der Waals surface area contributed by atoms with E-state index in [0.29, 0.717) is 0 Å². The summed E-state index contributed by atoms with van der Waals surface area (Å²) >= 11 is 0. The van der Waals surface area contributed by atoms with Gasteiger partial charge < -0.3 is 9.47 Å². The van der Waals surface area contributed by atoms with E-state index in [1.54, 1.807) is 13.3 Å². The molecule has 0 spiro atoms. The highest BCUT2D eigenvalue weighted by Gasteiger charge is 2.46. The van der Waals surface area contributed by atoms with Crippen molar-refractivity contribution in [3.05, 3.63) is 35.7 Å². The summed E-state index contributed by atoms with van der Waals surface area (Å²) < 4.78 is 11.1. The Hall–Kier alpha value is -1.35. The molecule has 3 nitrogen and oxygen atoms in total. The molecule has 0 aliphatic carbocycles. The Kier molecular flexibility index (Phi) is 1.35. The van der Waals surface area contributed by atoms with Crippen LogP contribution in [0, 0.1) is 0 Å². The molecule has 0 amide bonds. The highest BCUT2D eigenvalue weighted by atomic mass is 16.5. The highest BCUT2D eigenvalue weighted by Crippen LogP contribution is 2.52. The number of hydrogen-bond donors (Lipinski definition) is 0. The lowest BCUT2D eigenvalue weighted by atomic mass is 9.91. The van der Waals surface area contributed by atoms with Gasteiger partial charge in [0.2, 0.25) is 0 Å². The molecule has 14 heavy (non-hydrogen) atoms. The summed E-state index contributed by atoms with van der Waals surface area (Å²) in [5.41, 5.74) is 1.74. The van der Waals surface area contributed by atoms with E-state index in [-0.39, 0.29) is 11.7 Å². The third kappa shape index (κ3) is 0.780. The number of ether oxygens (including phenoxy) is 2. The van der Waals surface area contributed by atoms with Gasteiger partial charge in [-0.15, -0.1) is 0 Å². The maximum Gasteiger partial charge on any atom is 0.128 e. The van der Waals surface area contributed by atoms with E-state index in [1.165, 1.54) is 0 Å². The molecule has 0 unspecified atom stereocenters. The second-order valence-corrected chi connectivity index (χ2v) is 3.78. The number of aromatic nitrogens is 1. The lowest BCUT2D eigenvalue weighted by molar-refractivity contribution is 0.00966. The third-order valence-electron chi connectivity index (χ3n) is 2.89. The molecule has 2 aliphatic rings. The molecule has 2 atom stereocenters. The maximum absolute atomic E-state index is 5.82. The van der Waals surface area contributed by atoms with Gasteiger partial charge in [-0.25, -0.2) is 0 Å². The zero-order valence-corrected chi connectivity index (χ0v) is 8.15. The summed E-state index contributed by atoms with van der Waals surface area (Å²) in [5.74, 6) is 0.865. The van der Waals surface area contributed by atoms with Crippen LogP contribution in [0.5, 0.6) is 5.75 Å². The molecule has 72 valence electrons. The lowest BCUT2D eigenvalue weighted by Gasteiger charge is -2.19. The third-order valence-corrected chi connectivity index (χ3v) is 2.89. The zero-order chi connectivity index (χ0) is 9.76. The van der Waals surface area contributed by atoms with Crippen molar-refractivity contribution in [1.82, 2.24) is 4.98 Å². The number of rotatable bonds is 1. The van der Waals surface area contributed by atoms with Crippen molar-refractivity contribution >= 4 is 0 Å². The van der Waals surface area contributed by atoms with E-state index < -0.39 is 0 Å². The van der Waals surface area contributed by atoms with Crippen molar-refractivity contribution in [3.63, 3.8) is 0 Å². The molecular formula is C11H11NO2. The topological polar surface area (TPSA) is 31.4 Å². The van der Waals surface area contributed by atoms with Crippen LogP contribution >= 0.6 is 0 Å². The molecule has 0 saturated carbocycles. The maximum atomic E-state index is 5.82. The van der Waals surface area contributed by atoms with Gasteiger partial charge in [0.15, 0.2) is 0 Å². The standard InChI is InChI=1S/C11H11NO2/c1-11-5-3-8(14-11)10-9(11)7(13-2)4-6-12-10/h3-6,8H,1-2H3/t8-,11+/m1/s1. The normalized spacial score (nSPS) is 32.0. The van der Waals surface area contributed by atoms with Crippen LogP contribution in [0.4, 0.5) is 0 Å². The predicted molar refractivity (Wildman–Crippen MR) is 51.1 cm³/mol. The molecule has 0 N–H and O–H groups in total. The van der Waals surface area contributed by atoms with E-state index >= 15 is 0 Å². The van der Waals surface area contributed by atoms with E-state index in [2.05, 4.69) is 17.1 Å². The monoisotopic (exact) mass is 189 g/mol. The van der Waals surface area contributed by atoms with E-state index in [9.17, 15) is 0 Å². The minimum absolute atomic E-state index is 0.0186. The largest absolute Gasteiger partial charge is 0.496 e. The van der Waals surface area contributed by atoms with Gasteiger partial charge in [-0.1, -0.05) is 6.08 Å². The van der Waals surface area contributed by atoms with Crippen molar-refractivity contribution in [2.75, 3.05) is 7.11 Å². The molecule has 0 aromatic carbocycles. The van der Waals surface area contributed by atoms with Gasteiger partial charge in [-0.05, 0) is 19.1 Å². The minimum atomic E-state index is -0.334. The fourth-order valence-corrected chi connectivity index (χ4v) is 2.25. The quantitative estimate of drug-likeness (QED) is 0.633. The number of fused-ring (bicyclic) bond motifs is 5. The fraction of sp³-hybridized carbons (Fsp3) is 0.364. The zero-order valence-electron chi connectivity index (χ0n) is 8.15. The van der Waals surface area contributed by atoms with Crippen molar-refractivity contribution < 1.29 is 9.47 Å². The summed E-state index contributed by atoms with van der Waals surface area (Å²) in [6.07, 6.45) is 5.91. The minimum Gasteiger partial charge on any atom is -0.496 e. The molecule has 3 heteroatoms. The molecule has 3 rings (SSSR count). The lowest BCUT2D eigenvalue weighted by Crippen LogP contribution is -2.16. The second kappa shape index (κ2) is 2.36. The Morgan fingerprint density at radius 2 is 2.43 bits per heavy atom. The van der Waals surface area contributed by atoms with E-state index in [1.807, 2.05) is 13.0 Å². The Labute approximate surface area is 82.4 Å². The number of pyridine rings is 1. The van der Waals surface area contributed by atoms with E-state index in [0.717, 1.165) is 17.0 Å². The molecule has 0 fully saturated rings. The number of hydrogen-bond acceptors (Lipinski definition) is 3. The summed E-state index contributed by atoms with van der Waals surface area (Å²) in [6, 6.07) is 1.88. The first-order chi connectivity index (χ1) is 6.74. The Bertz CT molecular complexity index is 427. The van der Waals surface area contributed by atoms with Gasteiger partial charge in [0, 0.05) is 6.20 Å². The van der Waals surface area contributed by atoms with Gasteiger partial charge in [0.05, 0.1) is 18.4 Å². The first-order valence-electron chi connectivity index (χ1n) is 4.65. The molecule has 1 aromatic heterocycles. The van der Waals surface area contributed by atoms with Crippen LogP contribution in [0.3, 0.4) is 0 Å². The van der Waals surface area contributed by atoms with Crippen LogP contribution in [0.2, 0.25) is 0 Å². The van der Waals surface area contributed by atoms with Crippen LogP contribution in [0.15, 0.2) is 24.4 Å². The first kappa shape index (κ1) is 8.00. The molecule has 0 radical (unpaired) electrons. The molecule has 2 bridgehead atoms. The van der Waals surface area contributed by atoms with Crippen LogP contribution in [-0.4, -0.2) is 12.1 Å². The molecule has 2 aliphatic heterocycles. The Balaban J connectivity index is 2.28. The average molecular weight is 189 g/mol. The molecule has 0 saturated heterocycles. The SMILES string of the molecule is COc1ccnc2c1[C@]1(C)C=C[C@H]2O1. The van der Waals surface area contributed by atoms with Crippen molar-refractivity contribution in [2.45, 2.75) is 18.6 Å². The van der Waals surface area contributed by atoms with Crippen molar-refractivity contribution in [2.24, 2.45) is 0 Å². The average Bonchev–Trinajstić information content (AvgIpc) is 2.72. The Morgan fingerprint density at radius 3 is 3.21 bits per heavy atom. The van der Waals surface area contributed by atoms with Crippen LogP contribution in [0.1, 0.15) is 24.3 Å². The first-order valence-corrected chi connectivity index (χ1v) is 4.65. The summed E-state index contributed by atoms with van der Waals surface area (Å²) in [6.45, 7) is 2.04. The molecular weight excluding hydrogens is 178 g/mol. The summed E-state index contributed by atoms with van der Waals surface area (Å²) in [7, 11) is 1.68. The van der Waals surface area contributed by atoms with Gasteiger partial charge in [0.25, 0.3) is 0 Å². The Morgan fingerprint density at radius 1 is 1.57 bits per heavy atom. The highest BCUT2D eigenvalue weighted by molar-refractivity contribution is 5.50. The second-order valence-electron chi connectivity index (χ2n) is 3.78. The molecule has 3 heterocycles. The summed E-state index contributed by atoms with van der Waals surface area (Å²) in [4.78, 5) is 4.34. The van der Waals surface area contributed by atoms with E-state index in [4.69, 9.17) is 9.47 Å². The van der Waals surface area contributed by atoms with Crippen molar-refractivity contribution in [1.29, 1.82) is 0 Å².